The zero-order valence-electron chi connectivity index (χ0n) is 9.01. The molecule has 1 aromatic rings. The lowest BCUT2D eigenvalue weighted by Crippen LogP contribution is -2.39. The first-order valence-electron chi connectivity index (χ1n) is 4.99. The molecule has 86 valence electrons. The predicted molar refractivity (Wildman–Crippen MR) is 57.8 cm³/mol. The second-order valence-electron chi connectivity index (χ2n) is 3.45. The summed E-state index contributed by atoms with van der Waals surface area (Å²) in [6, 6.07) is 4.62. The number of nitrogens with one attached hydrogen (secondary N) is 1. The van der Waals surface area contributed by atoms with E-state index in [1.165, 1.54) is 6.92 Å². The van der Waals surface area contributed by atoms with Gasteiger partial charge in [0.15, 0.2) is 0 Å². The highest BCUT2D eigenvalue weighted by Gasteiger charge is 2.17. The number of hydrogen-bond acceptors (Lipinski definition) is 3. The molecular weight excluding hydrogens is 208 g/mol. The lowest BCUT2D eigenvalue weighted by atomic mass is 10.1. The van der Waals surface area contributed by atoms with Crippen LogP contribution in [-0.2, 0) is 16.0 Å². The number of carbonyl (C=O) groups is 2. The van der Waals surface area contributed by atoms with Crippen molar-refractivity contribution >= 4 is 11.9 Å². The number of hydrogen-bond donors (Lipinski definition) is 2. The van der Waals surface area contributed by atoms with Crippen molar-refractivity contribution in [2.45, 2.75) is 25.8 Å². The Morgan fingerprint density at radius 2 is 2.25 bits per heavy atom. The number of aryl methyl sites for hydroxylation is 1. The zero-order valence-corrected chi connectivity index (χ0v) is 9.01. The zero-order chi connectivity index (χ0) is 12.0. The molecule has 0 radical (unpaired) electrons. The Bertz CT molecular complexity index is 365. The van der Waals surface area contributed by atoms with Gasteiger partial charge in [-0.25, -0.2) is 4.79 Å². The summed E-state index contributed by atoms with van der Waals surface area (Å²) in [5.41, 5.74) is 0.819. The van der Waals surface area contributed by atoms with Crippen LogP contribution in [0, 0.1) is 0 Å². The van der Waals surface area contributed by atoms with E-state index in [1.807, 2.05) is 12.1 Å². The van der Waals surface area contributed by atoms with E-state index < -0.39 is 12.0 Å². The molecular formula is C11H14N2O3. The lowest BCUT2D eigenvalue weighted by Gasteiger charge is -2.12. The van der Waals surface area contributed by atoms with Crippen molar-refractivity contribution in [1.82, 2.24) is 10.3 Å². The van der Waals surface area contributed by atoms with E-state index in [4.69, 9.17) is 5.11 Å². The second kappa shape index (κ2) is 5.85. The van der Waals surface area contributed by atoms with Gasteiger partial charge in [0.05, 0.1) is 0 Å². The topological polar surface area (TPSA) is 79.3 Å². The summed E-state index contributed by atoms with van der Waals surface area (Å²) >= 11 is 0. The Hall–Kier alpha value is -1.91. The molecule has 0 aliphatic heterocycles. The molecule has 5 nitrogen and oxygen atoms in total. The molecule has 0 aromatic carbocycles. The highest BCUT2D eigenvalue weighted by atomic mass is 16.4. The maximum Gasteiger partial charge on any atom is 0.326 e. The van der Waals surface area contributed by atoms with Gasteiger partial charge in [-0.15, -0.1) is 0 Å². The van der Waals surface area contributed by atoms with Crippen molar-refractivity contribution in [3.05, 3.63) is 30.1 Å². The molecule has 1 heterocycles. The normalized spacial score (nSPS) is 11.8. The molecule has 2 N–H and O–H groups in total. The third-order valence-corrected chi connectivity index (χ3v) is 2.09. The molecule has 0 bridgehead atoms. The van der Waals surface area contributed by atoms with Gasteiger partial charge < -0.3 is 10.4 Å². The second-order valence-corrected chi connectivity index (χ2v) is 3.45. The Morgan fingerprint density at radius 1 is 1.50 bits per heavy atom. The maximum atomic E-state index is 10.8. The van der Waals surface area contributed by atoms with Crippen molar-refractivity contribution < 1.29 is 14.7 Å². The summed E-state index contributed by atoms with van der Waals surface area (Å²) in [7, 11) is 0. The molecule has 1 unspecified atom stereocenters. The summed E-state index contributed by atoms with van der Waals surface area (Å²) in [5.74, 6) is -1.36. The number of amides is 1. The van der Waals surface area contributed by atoms with Gasteiger partial charge in [-0.3, -0.25) is 9.78 Å². The van der Waals surface area contributed by atoms with Crippen molar-refractivity contribution in [2.75, 3.05) is 0 Å². The van der Waals surface area contributed by atoms with E-state index in [2.05, 4.69) is 10.3 Å². The fourth-order valence-electron chi connectivity index (χ4n) is 1.34. The molecule has 1 atom stereocenters. The van der Waals surface area contributed by atoms with E-state index in [0.717, 1.165) is 5.69 Å². The van der Waals surface area contributed by atoms with Gasteiger partial charge in [0.2, 0.25) is 5.91 Å². The van der Waals surface area contributed by atoms with Gasteiger partial charge in [-0.05, 0) is 25.0 Å². The monoisotopic (exact) mass is 222 g/mol. The number of nitrogens with zero attached hydrogens (tertiary/aromatic N) is 1. The van der Waals surface area contributed by atoms with Crippen molar-refractivity contribution in [3.63, 3.8) is 0 Å². The van der Waals surface area contributed by atoms with Crippen LogP contribution in [0.4, 0.5) is 0 Å². The van der Waals surface area contributed by atoms with Crippen LogP contribution >= 0.6 is 0 Å². The van der Waals surface area contributed by atoms with E-state index in [1.54, 1.807) is 12.3 Å². The number of carbonyl (C=O) groups excluding carboxylic acids is 1. The summed E-state index contributed by atoms with van der Waals surface area (Å²) in [6.07, 6.45) is 2.52. The van der Waals surface area contributed by atoms with Crippen LogP contribution < -0.4 is 5.32 Å². The van der Waals surface area contributed by atoms with Crippen LogP contribution in [-0.4, -0.2) is 28.0 Å². The molecule has 0 fully saturated rings. The number of carboxylic acids is 1. The summed E-state index contributed by atoms with van der Waals surface area (Å²) in [5, 5.41) is 11.2. The number of aliphatic carboxylic acids is 1. The predicted octanol–water partition coefficient (Wildman–Crippen LogP) is 0.603. The molecule has 1 amide bonds. The van der Waals surface area contributed by atoms with Crippen molar-refractivity contribution in [2.24, 2.45) is 0 Å². The Kier molecular flexibility index (Phi) is 4.44. The smallest absolute Gasteiger partial charge is 0.326 e. The van der Waals surface area contributed by atoms with Gasteiger partial charge in [0.1, 0.15) is 6.04 Å². The molecule has 0 saturated heterocycles. The molecule has 0 saturated carbocycles. The van der Waals surface area contributed by atoms with Crippen molar-refractivity contribution in [1.29, 1.82) is 0 Å². The van der Waals surface area contributed by atoms with E-state index in [9.17, 15) is 9.59 Å². The van der Waals surface area contributed by atoms with Crippen LogP contribution in [0.1, 0.15) is 19.0 Å². The molecule has 0 spiro atoms. The van der Waals surface area contributed by atoms with Crippen LogP contribution in [0.3, 0.4) is 0 Å². The van der Waals surface area contributed by atoms with Crippen molar-refractivity contribution in [3.8, 4) is 0 Å². The average Bonchev–Trinajstić information content (AvgIpc) is 2.25. The van der Waals surface area contributed by atoms with E-state index >= 15 is 0 Å². The van der Waals surface area contributed by atoms with Crippen LogP contribution in [0.5, 0.6) is 0 Å². The Balaban J connectivity index is 2.50. The maximum absolute atomic E-state index is 10.8. The third-order valence-electron chi connectivity index (χ3n) is 2.09. The number of pyridine rings is 1. The quantitative estimate of drug-likeness (QED) is 0.764. The molecule has 1 aromatic heterocycles. The number of carboxylic acid groups (broad SMARTS) is 1. The van der Waals surface area contributed by atoms with Crippen LogP contribution in [0.15, 0.2) is 24.4 Å². The molecule has 0 aliphatic carbocycles. The highest BCUT2D eigenvalue weighted by molar-refractivity contribution is 5.81. The summed E-state index contributed by atoms with van der Waals surface area (Å²) in [4.78, 5) is 25.7. The fraction of sp³-hybridized carbons (Fsp3) is 0.364. The fourth-order valence-corrected chi connectivity index (χ4v) is 1.34. The van der Waals surface area contributed by atoms with E-state index in [0.29, 0.717) is 12.8 Å². The summed E-state index contributed by atoms with van der Waals surface area (Å²) < 4.78 is 0. The minimum absolute atomic E-state index is 0.339. The van der Waals surface area contributed by atoms with Gasteiger partial charge in [-0.2, -0.15) is 0 Å². The van der Waals surface area contributed by atoms with Gasteiger partial charge in [-0.1, -0.05) is 6.07 Å². The molecule has 5 heteroatoms. The van der Waals surface area contributed by atoms with Crippen LogP contribution in [0.2, 0.25) is 0 Å². The number of aromatic nitrogens is 1. The third kappa shape index (κ3) is 4.08. The van der Waals surface area contributed by atoms with Gasteiger partial charge in [0.25, 0.3) is 0 Å². The SMILES string of the molecule is CC(=O)NC(CCc1ccccn1)C(=O)O. The van der Waals surface area contributed by atoms with Gasteiger partial charge >= 0.3 is 5.97 Å². The highest BCUT2D eigenvalue weighted by Crippen LogP contribution is 2.02. The van der Waals surface area contributed by atoms with Gasteiger partial charge in [0, 0.05) is 18.8 Å². The number of rotatable bonds is 5. The lowest BCUT2D eigenvalue weighted by molar-refractivity contribution is -0.141. The molecule has 1 rings (SSSR count). The first-order valence-corrected chi connectivity index (χ1v) is 4.99. The molecule has 0 aliphatic rings. The first kappa shape index (κ1) is 12.2. The Labute approximate surface area is 93.5 Å². The minimum atomic E-state index is -1.02. The standard InChI is InChI=1S/C11H14N2O3/c1-8(14)13-10(11(15)16)6-5-9-4-2-3-7-12-9/h2-4,7,10H,5-6H2,1H3,(H,13,14)(H,15,16). The Morgan fingerprint density at radius 3 is 2.75 bits per heavy atom. The first-order chi connectivity index (χ1) is 7.59. The summed E-state index contributed by atoms with van der Waals surface area (Å²) in [6.45, 7) is 1.30. The average molecular weight is 222 g/mol. The molecule has 16 heavy (non-hydrogen) atoms. The van der Waals surface area contributed by atoms with E-state index in [-0.39, 0.29) is 5.91 Å². The minimum Gasteiger partial charge on any atom is -0.480 e. The largest absolute Gasteiger partial charge is 0.480 e. The van der Waals surface area contributed by atoms with Crippen LogP contribution in [0.25, 0.3) is 0 Å².